The zero-order chi connectivity index (χ0) is 15.0. The fraction of sp³-hybridized carbons (Fsp3) is 0.750. The summed E-state index contributed by atoms with van der Waals surface area (Å²) in [5.74, 6) is 0.850. The Balaban J connectivity index is 0.00000176. The molecule has 5 nitrogen and oxygen atoms in total. The molecule has 22 heavy (non-hydrogen) atoms. The van der Waals surface area contributed by atoms with E-state index in [1.54, 1.807) is 0 Å². The molecule has 0 bridgehead atoms. The van der Waals surface area contributed by atoms with E-state index in [-0.39, 0.29) is 24.4 Å². The maximum absolute atomic E-state index is 12.4. The van der Waals surface area contributed by atoms with Crippen LogP contribution in [0.2, 0.25) is 0 Å². The average molecular weight is 327 g/mol. The number of carbonyl (C=O) groups is 1. The molecular formula is C16H27ClN4O. The minimum absolute atomic E-state index is 0. The van der Waals surface area contributed by atoms with Crippen molar-refractivity contribution in [1.29, 1.82) is 0 Å². The molecule has 3 rings (SSSR count). The first-order chi connectivity index (χ1) is 10.1. The predicted molar refractivity (Wildman–Crippen MR) is 89.1 cm³/mol. The summed E-state index contributed by atoms with van der Waals surface area (Å²) < 4.78 is 1.87. The highest BCUT2D eigenvalue weighted by Crippen LogP contribution is 2.33. The second-order valence-corrected chi connectivity index (χ2v) is 6.60. The number of amides is 1. The van der Waals surface area contributed by atoms with E-state index in [4.69, 9.17) is 0 Å². The summed E-state index contributed by atoms with van der Waals surface area (Å²) in [7, 11) is 1.94. The molecule has 3 atom stereocenters. The van der Waals surface area contributed by atoms with Crippen LogP contribution in [0.1, 0.15) is 49.1 Å². The van der Waals surface area contributed by atoms with Crippen molar-refractivity contribution in [3.8, 4) is 0 Å². The van der Waals surface area contributed by atoms with Gasteiger partial charge in [0.2, 0.25) is 5.91 Å². The van der Waals surface area contributed by atoms with Crippen LogP contribution in [0, 0.1) is 19.8 Å². The summed E-state index contributed by atoms with van der Waals surface area (Å²) in [4.78, 5) is 12.4. The van der Waals surface area contributed by atoms with Gasteiger partial charge in [0, 0.05) is 30.9 Å². The Hall–Kier alpha value is -1.07. The number of hydrogen-bond acceptors (Lipinski definition) is 3. The molecule has 0 spiro atoms. The van der Waals surface area contributed by atoms with Crippen LogP contribution in [0.25, 0.3) is 0 Å². The van der Waals surface area contributed by atoms with Crippen LogP contribution < -0.4 is 10.6 Å². The normalized spacial score (nSPS) is 27.1. The molecule has 0 radical (unpaired) electrons. The van der Waals surface area contributed by atoms with Crippen molar-refractivity contribution in [2.75, 3.05) is 0 Å². The van der Waals surface area contributed by atoms with Crippen molar-refractivity contribution in [1.82, 2.24) is 20.4 Å². The van der Waals surface area contributed by atoms with E-state index in [1.165, 1.54) is 25.7 Å². The minimum atomic E-state index is -0.00427. The third-order valence-corrected chi connectivity index (χ3v) is 5.28. The maximum atomic E-state index is 12.4. The number of halogens is 1. The number of rotatable bonds is 3. The van der Waals surface area contributed by atoms with Crippen LogP contribution in [0.3, 0.4) is 0 Å². The number of carbonyl (C=O) groups excluding carboxylic acids is 1. The lowest BCUT2D eigenvalue weighted by Gasteiger charge is -2.24. The van der Waals surface area contributed by atoms with Gasteiger partial charge in [-0.3, -0.25) is 9.48 Å². The SMILES string of the molecule is Cc1nn(C)c(C)c1CNC(=O)C1CC2CCCCC2N1.Cl. The molecular weight excluding hydrogens is 300 g/mol. The Morgan fingerprint density at radius 1 is 1.36 bits per heavy atom. The van der Waals surface area contributed by atoms with E-state index < -0.39 is 0 Å². The molecule has 2 aliphatic rings. The van der Waals surface area contributed by atoms with Crippen molar-refractivity contribution < 1.29 is 4.79 Å². The minimum Gasteiger partial charge on any atom is -0.351 e. The zero-order valence-corrected chi connectivity index (χ0v) is 14.5. The van der Waals surface area contributed by atoms with Crippen LogP contribution in [0.4, 0.5) is 0 Å². The van der Waals surface area contributed by atoms with Gasteiger partial charge in [0.15, 0.2) is 0 Å². The van der Waals surface area contributed by atoms with Crippen molar-refractivity contribution in [3.05, 3.63) is 17.0 Å². The molecule has 1 aromatic rings. The summed E-state index contributed by atoms with van der Waals surface area (Å²) >= 11 is 0. The molecule has 2 fully saturated rings. The van der Waals surface area contributed by atoms with Gasteiger partial charge >= 0.3 is 0 Å². The number of aryl methyl sites for hydroxylation is 2. The van der Waals surface area contributed by atoms with Gasteiger partial charge in [-0.2, -0.15) is 5.10 Å². The molecule has 0 aromatic carbocycles. The Morgan fingerprint density at radius 2 is 2.09 bits per heavy atom. The fourth-order valence-electron chi connectivity index (χ4n) is 3.89. The third kappa shape index (κ3) is 3.30. The largest absolute Gasteiger partial charge is 0.351 e. The lowest BCUT2D eigenvalue weighted by atomic mass is 9.85. The van der Waals surface area contributed by atoms with Crippen molar-refractivity contribution >= 4 is 18.3 Å². The number of fused-ring (bicyclic) bond motifs is 1. The van der Waals surface area contributed by atoms with E-state index in [0.717, 1.165) is 23.4 Å². The van der Waals surface area contributed by atoms with Crippen molar-refractivity contribution in [3.63, 3.8) is 0 Å². The topological polar surface area (TPSA) is 59.0 Å². The molecule has 1 saturated heterocycles. The average Bonchev–Trinajstić information content (AvgIpc) is 2.99. The van der Waals surface area contributed by atoms with Crippen LogP contribution in [0.5, 0.6) is 0 Å². The van der Waals surface area contributed by atoms with Crippen LogP contribution >= 0.6 is 12.4 Å². The number of aromatic nitrogens is 2. The van der Waals surface area contributed by atoms with Crippen LogP contribution in [-0.4, -0.2) is 27.8 Å². The highest BCUT2D eigenvalue weighted by molar-refractivity contribution is 5.85. The first-order valence-electron chi connectivity index (χ1n) is 8.09. The van der Waals surface area contributed by atoms with Gasteiger partial charge in [-0.05, 0) is 39.0 Å². The number of hydrogen-bond donors (Lipinski definition) is 2. The maximum Gasteiger partial charge on any atom is 0.237 e. The molecule has 2 heterocycles. The third-order valence-electron chi connectivity index (χ3n) is 5.28. The van der Waals surface area contributed by atoms with E-state index in [1.807, 2.05) is 25.6 Å². The van der Waals surface area contributed by atoms with E-state index in [9.17, 15) is 4.79 Å². The number of nitrogens with zero attached hydrogens (tertiary/aromatic N) is 2. The first kappa shape index (κ1) is 17.3. The van der Waals surface area contributed by atoms with E-state index in [0.29, 0.717) is 18.5 Å². The Morgan fingerprint density at radius 3 is 2.73 bits per heavy atom. The molecule has 1 aromatic heterocycles. The molecule has 2 N–H and O–H groups in total. The molecule has 3 unspecified atom stereocenters. The van der Waals surface area contributed by atoms with E-state index in [2.05, 4.69) is 15.7 Å². The number of nitrogens with one attached hydrogen (secondary N) is 2. The lowest BCUT2D eigenvalue weighted by molar-refractivity contribution is -0.123. The summed E-state index contributed by atoms with van der Waals surface area (Å²) in [6, 6.07) is 0.562. The molecule has 1 aliphatic carbocycles. The van der Waals surface area contributed by atoms with Crippen LogP contribution in [0.15, 0.2) is 0 Å². The summed E-state index contributed by atoms with van der Waals surface area (Å²) in [5, 5.41) is 11.0. The molecule has 1 aliphatic heterocycles. The lowest BCUT2D eigenvalue weighted by Crippen LogP contribution is -2.43. The summed E-state index contributed by atoms with van der Waals surface area (Å²) in [6.07, 6.45) is 6.14. The monoisotopic (exact) mass is 326 g/mol. The molecule has 6 heteroatoms. The van der Waals surface area contributed by atoms with Crippen LogP contribution in [-0.2, 0) is 18.4 Å². The van der Waals surface area contributed by atoms with Gasteiger partial charge in [0.1, 0.15) is 0 Å². The van der Waals surface area contributed by atoms with Gasteiger partial charge in [-0.15, -0.1) is 12.4 Å². The highest BCUT2D eigenvalue weighted by atomic mass is 35.5. The van der Waals surface area contributed by atoms with Gasteiger partial charge in [-0.25, -0.2) is 0 Å². The molecule has 1 amide bonds. The predicted octanol–water partition coefficient (Wildman–Crippen LogP) is 2.00. The van der Waals surface area contributed by atoms with E-state index >= 15 is 0 Å². The Kier molecular flexibility index (Phi) is 5.50. The standard InChI is InChI=1S/C16H26N4O.ClH/c1-10-13(11(2)20(3)19-10)9-17-16(21)15-8-12-6-4-5-7-14(12)18-15;/h12,14-15,18H,4-9H2,1-3H3,(H,17,21);1H. The van der Waals surface area contributed by atoms with Gasteiger partial charge in [-0.1, -0.05) is 12.8 Å². The Bertz CT molecular complexity index is 528. The second kappa shape index (κ2) is 7.01. The van der Waals surface area contributed by atoms with Crippen molar-refractivity contribution in [2.45, 2.75) is 64.6 Å². The molecule has 1 saturated carbocycles. The first-order valence-corrected chi connectivity index (χ1v) is 8.09. The Labute approximate surface area is 138 Å². The highest BCUT2D eigenvalue weighted by Gasteiger charge is 2.38. The summed E-state index contributed by atoms with van der Waals surface area (Å²) in [5.41, 5.74) is 3.27. The quantitative estimate of drug-likeness (QED) is 0.893. The van der Waals surface area contributed by atoms with Gasteiger partial charge in [0.05, 0.1) is 11.7 Å². The second-order valence-electron chi connectivity index (χ2n) is 6.60. The zero-order valence-electron chi connectivity index (χ0n) is 13.7. The smallest absolute Gasteiger partial charge is 0.237 e. The summed E-state index contributed by atoms with van der Waals surface area (Å²) in [6.45, 7) is 4.62. The van der Waals surface area contributed by atoms with Gasteiger partial charge in [0.25, 0.3) is 0 Å². The van der Waals surface area contributed by atoms with Gasteiger partial charge < -0.3 is 10.6 Å². The molecule has 124 valence electrons. The fourth-order valence-corrected chi connectivity index (χ4v) is 3.89. The van der Waals surface area contributed by atoms with Crippen molar-refractivity contribution in [2.24, 2.45) is 13.0 Å².